The summed E-state index contributed by atoms with van der Waals surface area (Å²) in [6, 6.07) is 49.1. The van der Waals surface area contributed by atoms with Crippen molar-refractivity contribution < 1.29 is 24.5 Å². The molecule has 0 amide bonds. The molecule has 0 unspecified atom stereocenters. The zero-order valence-corrected chi connectivity index (χ0v) is 32.7. The minimum absolute atomic E-state index is 0. The Hall–Kier alpha value is -5.15. The first-order valence-electron chi connectivity index (χ1n) is 17.6. The van der Waals surface area contributed by atoms with Crippen molar-refractivity contribution in [2.75, 3.05) is 0 Å². The van der Waals surface area contributed by atoms with E-state index in [1.807, 2.05) is 60.8 Å². The zero-order valence-electron chi connectivity index (χ0n) is 30.3. The molecule has 3 aromatic heterocycles. The standard InChI is InChI=1S/C31H30N.C17H10NO.Ir/c1-30(2,3)21-11-14-24-23-13-10-20(29-9-7-8-16-32-29)17-26(23)28-19-22(31(4,5)6)12-15-25(28)27(24)18-21;1-2-7-16-13(5-1)14-11-12(8-9-17(14)19-16)15-6-3-4-10-18-15;/h7-9,11-19H,1-6H3;1-7,9-11H;/q2*-1;. The fourth-order valence-electron chi connectivity index (χ4n) is 6.88. The molecule has 4 heteroatoms. The summed E-state index contributed by atoms with van der Waals surface area (Å²) in [6.45, 7) is 13.7. The Bertz CT molecular complexity index is 2700. The predicted octanol–water partition coefficient (Wildman–Crippen LogP) is 13.0. The van der Waals surface area contributed by atoms with E-state index in [1.165, 1.54) is 43.4 Å². The first kappa shape index (κ1) is 35.3. The number of furan rings is 1. The fraction of sp³-hybridized carbons (Fsp3) is 0.167. The Morgan fingerprint density at radius 2 is 0.942 bits per heavy atom. The molecule has 3 heterocycles. The van der Waals surface area contributed by atoms with Gasteiger partial charge in [-0.1, -0.05) is 142 Å². The van der Waals surface area contributed by atoms with Crippen LogP contribution in [0.5, 0.6) is 0 Å². The monoisotopic (exact) mass is 853 g/mol. The minimum Gasteiger partial charge on any atom is -0.500 e. The Balaban J connectivity index is 0.000000179. The first-order valence-corrected chi connectivity index (χ1v) is 17.6. The molecule has 0 atom stereocenters. The van der Waals surface area contributed by atoms with Crippen LogP contribution >= 0.6 is 0 Å². The third-order valence-corrected chi connectivity index (χ3v) is 9.78. The van der Waals surface area contributed by atoms with Gasteiger partial charge in [0.25, 0.3) is 0 Å². The van der Waals surface area contributed by atoms with Crippen LogP contribution in [0.15, 0.2) is 138 Å². The van der Waals surface area contributed by atoms with Crippen molar-refractivity contribution in [3.8, 4) is 22.5 Å². The molecule has 0 N–H and O–H groups in total. The van der Waals surface area contributed by atoms with Gasteiger partial charge in [0.1, 0.15) is 5.58 Å². The molecule has 0 saturated carbocycles. The van der Waals surface area contributed by atoms with Gasteiger partial charge in [-0.05, 0) is 67.7 Å². The molecule has 0 bridgehead atoms. The van der Waals surface area contributed by atoms with Crippen LogP contribution in [0.3, 0.4) is 0 Å². The number of aromatic nitrogens is 2. The van der Waals surface area contributed by atoms with Crippen LogP contribution in [0.25, 0.3) is 76.8 Å². The Morgan fingerprint density at radius 1 is 0.442 bits per heavy atom. The maximum Gasteiger partial charge on any atom is 0.120 e. The van der Waals surface area contributed by atoms with E-state index in [-0.39, 0.29) is 30.9 Å². The molecule has 52 heavy (non-hydrogen) atoms. The van der Waals surface area contributed by atoms with Crippen LogP contribution in [0, 0.1) is 12.1 Å². The second-order valence-electron chi connectivity index (χ2n) is 15.3. The van der Waals surface area contributed by atoms with Gasteiger partial charge in [0.2, 0.25) is 0 Å². The van der Waals surface area contributed by atoms with Crippen molar-refractivity contribution in [1.29, 1.82) is 0 Å². The van der Waals surface area contributed by atoms with E-state index in [0.717, 1.165) is 44.5 Å². The fourth-order valence-corrected chi connectivity index (χ4v) is 6.88. The molecule has 3 nitrogen and oxygen atoms in total. The van der Waals surface area contributed by atoms with Crippen molar-refractivity contribution in [3.63, 3.8) is 0 Å². The molecular weight excluding hydrogens is 813 g/mol. The van der Waals surface area contributed by atoms with Gasteiger partial charge in [0, 0.05) is 37.9 Å². The molecule has 6 aromatic carbocycles. The third-order valence-electron chi connectivity index (χ3n) is 9.78. The number of para-hydroxylation sites is 1. The molecule has 0 saturated heterocycles. The molecule has 0 aliphatic carbocycles. The third kappa shape index (κ3) is 6.65. The quantitative estimate of drug-likeness (QED) is 0.128. The molecule has 9 rings (SSSR count). The molecule has 0 aliphatic rings. The maximum absolute atomic E-state index is 5.79. The molecule has 0 fully saturated rings. The van der Waals surface area contributed by atoms with Crippen LogP contribution in [0.1, 0.15) is 52.7 Å². The Labute approximate surface area is 319 Å². The summed E-state index contributed by atoms with van der Waals surface area (Å²) < 4.78 is 5.79. The topological polar surface area (TPSA) is 38.9 Å². The van der Waals surface area contributed by atoms with Crippen molar-refractivity contribution >= 4 is 54.3 Å². The first-order chi connectivity index (χ1) is 24.5. The molecule has 1 radical (unpaired) electrons. The number of pyridine rings is 2. The van der Waals surface area contributed by atoms with Gasteiger partial charge in [0.05, 0.1) is 5.58 Å². The van der Waals surface area contributed by atoms with E-state index in [0.29, 0.717) is 0 Å². The number of hydrogen-bond donors (Lipinski definition) is 0. The summed E-state index contributed by atoms with van der Waals surface area (Å²) in [4.78, 5) is 8.92. The summed E-state index contributed by atoms with van der Waals surface area (Å²) in [6.07, 6.45) is 3.64. The summed E-state index contributed by atoms with van der Waals surface area (Å²) >= 11 is 0. The van der Waals surface area contributed by atoms with Crippen molar-refractivity contribution in [1.82, 2.24) is 9.97 Å². The zero-order chi connectivity index (χ0) is 35.3. The van der Waals surface area contributed by atoms with Gasteiger partial charge >= 0.3 is 0 Å². The van der Waals surface area contributed by atoms with Gasteiger partial charge < -0.3 is 14.4 Å². The van der Waals surface area contributed by atoms with Gasteiger partial charge in [-0.3, -0.25) is 0 Å². The van der Waals surface area contributed by atoms with Crippen LogP contribution in [0.2, 0.25) is 0 Å². The Kier molecular flexibility index (Phi) is 9.33. The Morgan fingerprint density at radius 3 is 1.52 bits per heavy atom. The number of fused-ring (bicyclic) bond motifs is 9. The molecule has 259 valence electrons. The second kappa shape index (κ2) is 13.8. The smallest absolute Gasteiger partial charge is 0.120 e. The average Bonchev–Trinajstić information content (AvgIpc) is 3.52. The average molecular weight is 853 g/mol. The van der Waals surface area contributed by atoms with E-state index in [4.69, 9.17) is 4.42 Å². The number of hydrogen-bond acceptors (Lipinski definition) is 3. The van der Waals surface area contributed by atoms with Crippen molar-refractivity contribution in [2.45, 2.75) is 52.4 Å². The van der Waals surface area contributed by atoms with E-state index in [2.05, 4.69) is 130 Å². The van der Waals surface area contributed by atoms with Crippen molar-refractivity contribution in [2.24, 2.45) is 0 Å². The molecule has 0 aliphatic heterocycles. The van der Waals surface area contributed by atoms with Gasteiger partial charge in [-0.2, -0.15) is 0 Å². The molecule has 0 spiro atoms. The summed E-state index contributed by atoms with van der Waals surface area (Å²) in [5, 5.41) is 9.97. The van der Waals surface area contributed by atoms with Crippen LogP contribution in [-0.2, 0) is 30.9 Å². The van der Waals surface area contributed by atoms with Crippen molar-refractivity contribution in [3.05, 3.63) is 157 Å². The predicted molar refractivity (Wildman–Crippen MR) is 214 cm³/mol. The van der Waals surface area contributed by atoms with E-state index in [9.17, 15) is 0 Å². The number of benzene rings is 6. The summed E-state index contributed by atoms with van der Waals surface area (Å²) in [5.41, 5.74) is 8.58. The molecular formula is C48H40IrN2O-2. The summed E-state index contributed by atoms with van der Waals surface area (Å²) in [5.74, 6) is 0. The van der Waals surface area contributed by atoms with Crippen LogP contribution < -0.4 is 0 Å². The normalized spacial score (nSPS) is 11.9. The van der Waals surface area contributed by atoms with E-state index < -0.39 is 0 Å². The van der Waals surface area contributed by atoms with E-state index >= 15 is 0 Å². The molecule has 9 aromatic rings. The largest absolute Gasteiger partial charge is 0.500 e. The number of nitrogens with zero attached hydrogens (tertiary/aromatic N) is 2. The second-order valence-corrected chi connectivity index (χ2v) is 15.3. The van der Waals surface area contributed by atoms with E-state index in [1.54, 1.807) is 6.20 Å². The minimum atomic E-state index is 0. The van der Waals surface area contributed by atoms with Crippen LogP contribution in [-0.4, -0.2) is 9.97 Å². The van der Waals surface area contributed by atoms with Gasteiger partial charge in [0.15, 0.2) is 0 Å². The number of rotatable bonds is 2. The van der Waals surface area contributed by atoms with Gasteiger partial charge in [-0.25, -0.2) is 0 Å². The maximum atomic E-state index is 5.79. The van der Waals surface area contributed by atoms with Gasteiger partial charge in [-0.15, -0.1) is 47.5 Å². The van der Waals surface area contributed by atoms with Crippen LogP contribution in [0.4, 0.5) is 0 Å². The summed E-state index contributed by atoms with van der Waals surface area (Å²) in [7, 11) is 0. The SMILES string of the molecule is CC(C)(C)c1ccc2c3c[c-]c(-c4ccccn4)cc3c3cc(C(C)(C)C)ccc3c2c1.[Ir].[c-]1cc2oc3ccccc3c2cc1-c1ccccn1.